The highest BCUT2D eigenvalue weighted by atomic mass is 32.2. The number of halogens is 3. The van der Waals surface area contributed by atoms with Crippen LogP contribution in [0, 0.1) is 13.8 Å². The number of nitrogens with zero attached hydrogens (tertiary/aromatic N) is 4. The highest BCUT2D eigenvalue weighted by Crippen LogP contribution is 2.31. The Morgan fingerprint density at radius 3 is 2.32 bits per heavy atom. The molecule has 0 saturated carbocycles. The standard InChI is InChI=1S/C19H21F3N4OS/c1-13-10-14(2)24-18(23-13)28-12-17(27)26-8-6-25(7-9-26)16-5-3-4-15(11-16)19(20,21)22/h3-5,10-11H,6-9,12H2,1-2H3. The van der Waals surface area contributed by atoms with E-state index in [0.29, 0.717) is 37.0 Å². The molecule has 1 aliphatic heterocycles. The highest BCUT2D eigenvalue weighted by molar-refractivity contribution is 7.99. The number of hydrogen-bond acceptors (Lipinski definition) is 5. The summed E-state index contributed by atoms with van der Waals surface area (Å²) in [5.41, 5.74) is 1.59. The molecule has 0 bridgehead atoms. The summed E-state index contributed by atoms with van der Waals surface area (Å²) in [6, 6.07) is 7.18. The van der Waals surface area contributed by atoms with Gasteiger partial charge in [-0.1, -0.05) is 17.8 Å². The second kappa shape index (κ2) is 8.38. The Kier molecular flexibility index (Phi) is 6.12. The Balaban J connectivity index is 1.54. The molecule has 1 aromatic carbocycles. The minimum atomic E-state index is -4.36. The van der Waals surface area contributed by atoms with Gasteiger partial charge >= 0.3 is 6.18 Å². The van der Waals surface area contributed by atoms with Crippen molar-refractivity contribution in [2.75, 3.05) is 36.8 Å². The number of carbonyl (C=O) groups is 1. The predicted molar refractivity (Wildman–Crippen MR) is 102 cm³/mol. The Morgan fingerprint density at radius 2 is 1.71 bits per heavy atom. The average Bonchev–Trinajstić information content (AvgIpc) is 2.65. The third-order valence-corrected chi connectivity index (χ3v) is 5.29. The van der Waals surface area contributed by atoms with E-state index in [0.717, 1.165) is 23.5 Å². The largest absolute Gasteiger partial charge is 0.416 e. The molecule has 28 heavy (non-hydrogen) atoms. The van der Waals surface area contributed by atoms with Gasteiger partial charge in [-0.15, -0.1) is 0 Å². The summed E-state index contributed by atoms with van der Waals surface area (Å²) >= 11 is 1.30. The minimum absolute atomic E-state index is 0.0172. The lowest BCUT2D eigenvalue weighted by molar-refractivity contribution is -0.137. The van der Waals surface area contributed by atoms with E-state index >= 15 is 0 Å². The Hall–Kier alpha value is -2.29. The van der Waals surface area contributed by atoms with Crippen LogP contribution in [0.2, 0.25) is 0 Å². The minimum Gasteiger partial charge on any atom is -0.368 e. The first-order valence-electron chi connectivity index (χ1n) is 8.87. The molecule has 5 nitrogen and oxygen atoms in total. The predicted octanol–water partition coefficient (Wildman–Crippen LogP) is 3.55. The first-order chi connectivity index (χ1) is 13.2. The summed E-state index contributed by atoms with van der Waals surface area (Å²) < 4.78 is 38.7. The molecule has 2 heterocycles. The number of aryl methyl sites for hydroxylation is 2. The maximum absolute atomic E-state index is 12.9. The number of anilines is 1. The molecular formula is C19H21F3N4OS. The number of benzene rings is 1. The molecule has 1 saturated heterocycles. The van der Waals surface area contributed by atoms with Gasteiger partial charge in [-0.25, -0.2) is 9.97 Å². The number of thioether (sulfide) groups is 1. The van der Waals surface area contributed by atoms with Crippen molar-refractivity contribution in [2.45, 2.75) is 25.2 Å². The molecule has 0 N–H and O–H groups in total. The van der Waals surface area contributed by atoms with Crippen molar-refractivity contribution in [1.82, 2.24) is 14.9 Å². The maximum Gasteiger partial charge on any atom is 0.416 e. The molecule has 0 atom stereocenters. The normalized spacial score (nSPS) is 15.0. The molecule has 0 spiro atoms. The van der Waals surface area contributed by atoms with Gasteiger partial charge in [-0.3, -0.25) is 4.79 Å². The lowest BCUT2D eigenvalue weighted by Gasteiger charge is -2.36. The smallest absolute Gasteiger partial charge is 0.368 e. The van der Waals surface area contributed by atoms with Gasteiger partial charge in [0.1, 0.15) is 0 Å². The summed E-state index contributed by atoms with van der Waals surface area (Å²) in [5.74, 6) is 0.225. The van der Waals surface area contributed by atoms with E-state index < -0.39 is 11.7 Å². The number of aromatic nitrogens is 2. The van der Waals surface area contributed by atoms with Gasteiger partial charge in [0.15, 0.2) is 5.16 Å². The van der Waals surface area contributed by atoms with E-state index in [1.54, 1.807) is 11.0 Å². The van der Waals surface area contributed by atoms with Gasteiger partial charge in [0, 0.05) is 43.3 Å². The van der Waals surface area contributed by atoms with Crippen LogP contribution in [0.25, 0.3) is 0 Å². The van der Waals surface area contributed by atoms with Gasteiger partial charge in [0.05, 0.1) is 11.3 Å². The molecule has 1 aromatic heterocycles. The number of rotatable bonds is 4. The zero-order chi connectivity index (χ0) is 20.3. The van der Waals surface area contributed by atoms with Crippen molar-refractivity contribution < 1.29 is 18.0 Å². The Labute approximate surface area is 166 Å². The lowest BCUT2D eigenvalue weighted by atomic mass is 10.1. The molecule has 150 valence electrons. The molecule has 0 radical (unpaired) electrons. The molecule has 3 rings (SSSR count). The van der Waals surface area contributed by atoms with Gasteiger partial charge in [-0.2, -0.15) is 13.2 Å². The number of alkyl halides is 3. The Bertz CT molecular complexity index is 831. The first kappa shape index (κ1) is 20.4. The molecule has 2 aromatic rings. The fraction of sp³-hybridized carbons (Fsp3) is 0.421. The summed E-state index contributed by atoms with van der Waals surface area (Å²) in [6.45, 7) is 5.71. The van der Waals surface area contributed by atoms with Crippen molar-refractivity contribution in [3.8, 4) is 0 Å². The summed E-state index contributed by atoms with van der Waals surface area (Å²) in [5, 5.41) is 0.577. The number of carbonyl (C=O) groups excluding carboxylic acids is 1. The van der Waals surface area contributed by atoms with Crippen LogP contribution in [-0.4, -0.2) is 52.7 Å². The monoisotopic (exact) mass is 410 g/mol. The molecule has 9 heteroatoms. The van der Waals surface area contributed by atoms with Crippen LogP contribution in [0.4, 0.5) is 18.9 Å². The van der Waals surface area contributed by atoms with Crippen molar-refractivity contribution in [3.63, 3.8) is 0 Å². The van der Waals surface area contributed by atoms with E-state index in [-0.39, 0.29) is 11.7 Å². The second-order valence-electron chi connectivity index (χ2n) is 6.64. The van der Waals surface area contributed by atoms with Crippen LogP contribution in [0.3, 0.4) is 0 Å². The quantitative estimate of drug-likeness (QED) is 0.570. The first-order valence-corrected chi connectivity index (χ1v) is 9.86. The lowest BCUT2D eigenvalue weighted by Crippen LogP contribution is -2.49. The summed E-state index contributed by atoms with van der Waals surface area (Å²) in [4.78, 5) is 24.7. The number of hydrogen-bond donors (Lipinski definition) is 0. The van der Waals surface area contributed by atoms with E-state index in [2.05, 4.69) is 9.97 Å². The highest BCUT2D eigenvalue weighted by Gasteiger charge is 2.31. The Morgan fingerprint density at radius 1 is 1.07 bits per heavy atom. The van der Waals surface area contributed by atoms with E-state index in [1.165, 1.54) is 17.8 Å². The van der Waals surface area contributed by atoms with Crippen LogP contribution in [0.5, 0.6) is 0 Å². The van der Waals surface area contributed by atoms with E-state index in [4.69, 9.17) is 0 Å². The van der Waals surface area contributed by atoms with Crippen LogP contribution in [-0.2, 0) is 11.0 Å². The van der Waals surface area contributed by atoms with Crippen LogP contribution in [0.1, 0.15) is 17.0 Å². The molecule has 1 fully saturated rings. The molecule has 1 aliphatic rings. The van der Waals surface area contributed by atoms with Gasteiger partial charge in [0.25, 0.3) is 0 Å². The van der Waals surface area contributed by atoms with E-state index in [9.17, 15) is 18.0 Å². The number of piperazine rings is 1. The van der Waals surface area contributed by atoms with Crippen LogP contribution < -0.4 is 4.90 Å². The van der Waals surface area contributed by atoms with Crippen LogP contribution in [0.15, 0.2) is 35.5 Å². The zero-order valence-electron chi connectivity index (χ0n) is 15.7. The van der Waals surface area contributed by atoms with E-state index in [1.807, 2.05) is 24.8 Å². The van der Waals surface area contributed by atoms with Gasteiger partial charge in [-0.05, 0) is 38.1 Å². The molecule has 0 unspecified atom stereocenters. The second-order valence-corrected chi connectivity index (χ2v) is 7.58. The SMILES string of the molecule is Cc1cc(C)nc(SCC(=O)N2CCN(c3cccc(C(F)(F)F)c3)CC2)n1. The fourth-order valence-electron chi connectivity index (χ4n) is 3.07. The topological polar surface area (TPSA) is 49.3 Å². The fourth-order valence-corrected chi connectivity index (χ4v) is 3.92. The molecule has 1 amide bonds. The average molecular weight is 410 g/mol. The third kappa shape index (κ3) is 5.15. The van der Waals surface area contributed by atoms with Gasteiger partial charge in [0.2, 0.25) is 5.91 Å². The van der Waals surface area contributed by atoms with Crippen LogP contribution >= 0.6 is 11.8 Å². The summed E-state index contributed by atoms with van der Waals surface area (Å²) in [7, 11) is 0. The maximum atomic E-state index is 12.9. The molecular weight excluding hydrogens is 389 g/mol. The van der Waals surface area contributed by atoms with Crippen molar-refractivity contribution in [2.24, 2.45) is 0 Å². The van der Waals surface area contributed by atoms with Crippen molar-refractivity contribution >= 4 is 23.4 Å². The van der Waals surface area contributed by atoms with Crippen molar-refractivity contribution in [3.05, 3.63) is 47.3 Å². The van der Waals surface area contributed by atoms with Gasteiger partial charge < -0.3 is 9.80 Å². The zero-order valence-corrected chi connectivity index (χ0v) is 16.5. The molecule has 0 aliphatic carbocycles. The van der Waals surface area contributed by atoms with Crippen molar-refractivity contribution in [1.29, 1.82) is 0 Å². The third-order valence-electron chi connectivity index (χ3n) is 4.46. The number of amides is 1. The summed E-state index contributed by atoms with van der Waals surface area (Å²) in [6.07, 6.45) is -4.36.